The van der Waals surface area contributed by atoms with Crippen LogP contribution in [0.1, 0.15) is 146 Å². The van der Waals surface area contributed by atoms with Gasteiger partial charge in [0.25, 0.3) is 27.5 Å². The Morgan fingerprint density at radius 1 is 0.949 bits per heavy atom. The molecule has 4 N–H and O–H groups in total. The molecule has 19 nitrogen and oxygen atoms in total. The number of nitro groups is 1. The fourth-order valence-corrected chi connectivity index (χ4v) is 14.1. The second-order valence-corrected chi connectivity index (χ2v) is 26.3. The SMILES string of the molecule is CC(C)c1ccccc1[C@H]1CCCN1C1CC2(CCN(c3ccc(C(=O)NS(=O)(=O)c4cc5c(c([N+](=O)[O-])c4)N[C@@H](C4CCC(C)(O)CC4)CO5)c(Oc4cc5cc[nH]c5nc4O[C@H]4CCN(C(=O)OC(C)(C)C)C4)c3)CC2)C1. The molecule has 5 aromatic rings. The first-order valence-electron chi connectivity index (χ1n) is 28.2. The number of hydrogen-bond donors (Lipinski definition) is 4. The van der Waals surface area contributed by atoms with Gasteiger partial charge in [0.15, 0.2) is 17.2 Å². The van der Waals surface area contributed by atoms with E-state index in [1.165, 1.54) is 36.1 Å². The number of pyridine rings is 1. The molecule has 0 radical (unpaired) electrons. The molecule has 4 aliphatic heterocycles. The summed E-state index contributed by atoms with van der Waals surface area (Å²) >= 11 is 0. The predicted molar refractivity (Wildman–Crippen MR) is 299 cm³/mol. The number of sulfonamides is 1. The average molecular weight is 1100 g/mol. The third-order valence-corrected chi connectivity index (χ3v) is 18.8. The van der Waals surface area contributed by atoms with Gasteiger partial charge < -0.3 is 44.2 Å². The van der Waals surface area contributed by atoms with Crippen molar-refractivity contribution in [3.8, 4) is 23.1 Å². The van der Waals surface area contributed by atoms with Crippen molar-refractivity contribution in [1.29, 1.82) is 0 Å². The van der Waals surface area contributed by atoms with E-state index in [-0.39, 0.29) is 64.9 Å². The minimum Gasteiger partial charge on any atom is -0.489 e. The van der Waals surface area contributed by atoms with E-state index in [0.29, 0.717) is 67.7 Å². The van der Waals surface area contributed by atoms with Gasteiger partial charge in [-0.3, -0.25) is 19.8 Å². The number of H-pyrrole nitrogens is 1. The van der Waals surface area contributed by atoms with E-state index in [0.717, 1.165) is 57.1 Å². The number of nitrogens with one attached hydrogen (secondary N) is 3. The van der Waals surface area contributed by atoms with E-state index in [1.54, 1.807) is 36.2 Å². The largest absolute Gasteiger partial charge is 0.489 e. The third-order valence-electron chi connectivity index (χ3n) is 17.5. The van der Waals surface area contributed by atoms with Gasteiger partial charge in [0, 0.05) is 73.6 Å². The van der Waals surface area contributed by atoms with Crippen molar-refractivity contribution in [2.75, 3.05) is 49.5 Å². The molecule has 2 aromatic heterocycles. The Morgan fingerprint density at radius 3 is 2.44 bits per heavy atom. The summed E-state index contributed by atoms with van der Waals surface area (Å²) in [6.45, 7) is 15.2. The van der Waals surface area contributed by atoms with Gasteiger partial charge >= 0.3 is 6.09 Å². The molecule has 2 aliphatic carbocycles. The lowest BCUT2D eigenvalue weighted by Gasteiger charge is -2.56. The van der Waals surface area contributed by atoms with Crippen LogP contribution in [0.4, 0.5) is 21.9 Å². The number of aromatic nitrogens is 2. The number of ether oxygens (including phenoxy) is 4. The number of anilines is 2. The van der Waals surface area contributed by atoms with Crippen LogP contribution in [0.15, 0.2) is 77.8 Å². The number of rotatable bonds is 13. The number of amides is 2. The molecule has 0 unspecified atom stereocenters. The summed E-state index contributed by atoms with van der Waals surface area (Å²) < 4.78 is 55.7. The minimum atomic E-state index is -4.77. The van der Waals surface area contributed by atoms with Crippen LogP contribution in [0.25, 0.3) is 11.0 Å². The number of carbonyl (C=O) groups is 2. The summed E-state index contributed by atoms with van der Waals surface area (Å²) in [6, 6.07) is 20.4. The van der Waals surface area contributed by atoms with Gasteiger partial charge in [0.1, 0.15) is 29.7 Å². The maximum absolute atomic E-state index is 14.6. The zero-order valence-electron chi connectivity index (χ0n) is 46.1. The zero-order chi connectivity index (χ0) is 55.6. The summed E-state index contributed by atoms with van der Waals surface area (Å²) in [7, 11) is -4.77. The summed E-state index contributed by atoms with van der Waals surface area (Å²) in [6.07, 6.45) is 10.5. The number of piperidine rings is 1. The van der Waals surface area contributed by atoms with Crippen LogP contribution in [0.5, 0.6) is 23.1 Å². The molecule has 5 fully saturated rings. The lowest BCUT2D eigenvalue weighted by Crippen LogP contribution is -2.54. The van der Waals surface area contributed by atoms with Gasteiger partial charge in [-0.25, -0.2) is 17.9 Å². The van der Waals surface area contributed by atoms with Gasteiger partial charge in [0.2, 0.25) is 0 Å². The molecule has 6 aliphatic rings. The van der Waals surface area contributed by atoms with E-state index < -0.39 is 54.8 Å². The molecule has 422 valence electrons. The van der Waals surface area contributed by atoms with Crippen LogP contribution in [0.3, 0.4) is 0 Å². The summed E-state index contributed by atoms with van der Waals surface area (Å²) in [5, 5.41) is 27.0. The molecule has 11 rings (SSSR count). The van der Waals surface area contributed by atoms with Crippen LogP contribution >= 0.6 is 0 Å². The number of nitrogens with zero attached hydrogens (tertiary/aromatic N) is 5. The topological polar surface area (TPSA) is 231 Å². The molecule has 3 aromatic carbocycles. The van der Waals surface area contributed by atoms with Crippen molar-refractivity contribution in [1.82, 2.24) is 24.5 Å². The van der Waals surface area contributed by atoms with Gasteiger partial charge in [-0.1, -0.05) is 38.1 Å². The summed E-state index contributed by atoms with van der Waals surface area (Å²) in [5.41, 5.74) is 2.39. The highest BCUT2D eigenvalue weighted by Crippen LogP contribution is 2.55. The van der Waals surface area contributed by atoms with Gasteiger partial charge in [0.05, 0.1) is 33.6 Å². The Morgan fingerprint density at radius 2 is 1.71 bits per heavy atom. The van der Waals surface area contributed by atoms with Crippen LogP contribution < -0.4 is 29.1 Å². The number of nitro benzene ring substituents is 1. The van der Waals surface area contributed by atoms with Gasteiger partial charge in [-0.2, -0.15) is 4.98 Å². The maximum Gasteiger partial charge on any atom is 0.410 e. The van der Waals surface area contributed by atoms with Crippen molar-refractivity contribution in [3.05, 3.63) is 99.7 Å². The van der Waals surface area contributed by atoms with Crippen molar-refractivity contribution < 1.29 is 47.0 Å². The van der Waals surface area contributed by atoms with E-state index in [4.69, 9.17) is 23.9 Å². The molecular formula is C59H74N8O11S. The molecule has 3 atom stereocenters. The number of carbonyl (C=O) groups excluding carboxylic acids is 2. The van der Waals surface area contributed by atoms with Crippen LogP contribution in [0.2, 0.25) is 0 Å². The van der Waals surface area contributed by atoms with Crippen molar-refractivity contribution in [2.24, 2.45) is 11.3 Å². The van der Waals surface area contributed by atoms with Gasteiger partial charge in [-0.15, -0.1) is 0 Å². The number of aromatic amines is 1. The Kier molecular flexibility index (Phi) is 14.5. The van der Waals surface area contributed by atoms with E-state index in [2.05, 4.69) is 62.9 Å². The van der Waals surface area contributed by atoms with Crippen molar-refractivity contribution >= 4 is 50.1 Å². The second kappa shape index (κ2) is 21.1. The predicted octanol–water partition coefficient (Wildman–Crippen LogP) is 10.6. The molecular weight excluding hydrogens is 1030 g/mol. The van der Waals surface area contributed by atoms with E-state index in [1.807, 2.05) is 26.8 Å². The standard InChI is InChI=1S/C59H74N8O11S/c1-36(2)43-10-7-8-11-44(43)47-12-9-24-66(47)40-32-59(33-40)21-26-64(27-22-59)39-13-14-45(49(29-39)77-51-28-38-17-23-60-53(38)62-55(51)76-41-18-25-65(34-41)56(69)78-57(3,4)5)54(68)63-79(73,74)42-30-48(67(71)72)52-50(31-42)75-35-46(61-52)37-15-19-58(6,70)20-16-37/h7-8,10-11,13-14,17,23,28-31,36-37,40-41,46-47,61,70H,9,12,15-16,18-22,24-27,32-35H2,1-6H3,(H,60,62)(H,63,68)/t37?,41-,46+,47+,58?/m0/s1. The fraction of sp³-hybridized carbons (Fsp3) is 0.542. The first-order valence-corrected chi connectivity index (χ1v) is 29.6. The highest BCUT2D eigenvalue weighted by molar-refractivity contribution is 7.90. The van der Waals surface area contributed by atoms with Gasteiger partial charge in [-0.05, 0) is 151 Å². The molecule has 3 saturated heterocycles. The number of fused-ring (bicyclic) bond motifs is 2. The normalized spacial score (nSPS) is 24.4. The Balaban J connectivity index is 0.852. The molecule has 20 heteroatoms. The number of benzene rings is 3. The third kappa shape index (κ3) is 11.4. The van der Waals surface area contributed by atoms with Crippen molar-refractivity contribution in [3.63, 3.8) is 0 Å². The Labute approximate surface area is 461 Å². The highest BCUT2D eigenvalue weighted by Gasteiger charge is 2.50. The van der Waals surface area contributed by atoms with Crippen LogP contribution in [-0.4, -0.2) is 119 Å². The van der Waals surface area contributed by atoms with Crippen LogP contribution in [-0.2, 0) is 14.8 Å². The number of hydrogen-bond acceptors (Lipinski definition) is 15. The monoisotopic (exact) mass is 1100 g/mol. The fourth-order valence-electron chi connectivity index (χ4n) is 13.1. The molecule has 1 spiro atoms. The molecule has 2 saturated carbocycles. The lowest BCUT2D eigenvalue weighted by molar-refractivity contribution is -0.384. The molecule has 2 amide bonds. The highest BCUT2D eigenvalue weighted by atomic mass is 32.2. The summed E-state index contributed by atoms with van der Waals surface area (Å²) in [5.74, 6) is -0.254. The molecule has 6 heterocycles. The number of likely N-dealkylation sites (tertiary alicyclic amines) is 2. The second-order valence-electron chi connectivity index (χ2n) is 24.6. The lowest BCUT2D eigenvalue weighted by atomic mass is 9.59. The van der Waals surface area contributed by atoms with E-state index in [9.17, 15) is 33.2 Å². The molecule has 0 bridgehead atoms. The Bertz CT molecular complexity index is 3240. The minimum absolute atomic E-state index is 0.0264. The Hall–Kier alpha value is -6.64. The van der Waals surface area contributed by atoms with Crippen LogP contribution in [0, 0.1) is 21.4 Å². The van der Waals surface area contributed by atoms with Crippen molar-refractivity contribution in [2.45, 2.75) is 158 Å². The quantitative estimate of drug-likeness (QED) is 0.0635. The van der Waals surface area contributed by atoms with E-state index >= 15 is 0 Å². The maximum atomic E-state index is 14.6. The number of aliphatic hydroxyl groups is 1. The molecule has 79 heavy (non-hydrogen) atoms. The average Bonchev–Trinajstić information content (AvgIpc) is 4.25. The first-order chi connectivity index (χ1) is 37.6. The summed E-state index contributed by atoms with van der Waals surface area (Å²) in [4.78, 5) is 53.5. The zero-order valence-corrected chi connectivity index (χ0v) is 46.9. The smallest absolute Gasteiger partial charge is 0.410 e. The first kappa shape index (κ1) is 54.3.